The van der Waals surface area contributed by atoms with Gasteiger partial charge in [-0.05, 0) is 56.1 Å². The van der Waals surface area contributed by atoms with Gasteiger partial charge in [-0.25, -0.2) is 0 Å². The third-order valence-corrected chi connectivity index (χ3v) is 3.94. The highest BCUT2D eigenvalue weighted by Gasteiger charge is 2.05. The highest BCUT2D eigenvalue weighted by atomic mass is 79.9. The number of anilines is 1. The highest BCUT2D eigenvalue weighted by molar-refractivity contribution is 9.11. The third-order valence-electron chi connectivity index (χ3n) is 2.26. The number of rotatable bonds is 3. The normalized spacial score (nSPS) is 10.4. The van der Waals surface area contributed by atoms with E-state index in [0.29, 0.717) is 16.6 Å². The zero-order chi connectivity index (χ0) is 13.1. The van der Waals surface area contributed by atoms with Gasteiger partial charge in [0.1, 0.15) is 0 Å². The SMILES string of the molecule is Clc1ccc(Cl)c(NCc2ncc(Br)cc2Br)c1. The summed E-state index contributed by atoms with van der Waals surface area (Å²) in [6.45, 7) is 0.563. The van der Waals surface area contributed by atoms with Crippen molar-refractivity contribution in [2.75, 3.05) is 5.32 Å². The molecule has 0 aliphatic rings. The van der Waals surface area contributed by atoms with E-state index >= 15 is 0 Å². The van der Waals surface area contributed by atoms with E-state index in [-0.39, 0.29) is 0 Å². The van der Waals surface area contributed by atoms with Crippen LogP contribution in [0.4, 0.5) is 5.69 Å². The first kappa shape index (κ1) is 14.1. The molecule has 94 valence electrons. The minimum absolute atomic E-state index is 0.563. The molecule has 2 rings (SSSR count). The number of halogens is 4. The summed E-state index contributed by atoms with van der Waals surface area (Å²) in [6, 6.07) is 7.25. The molecule has 0 radical (unpaired) electrons. The molecule has 1 aromatic heterocycles. The van der Waals surface area contributed by atoms with Crippen LogP contribution in [0.25, 0.3) is 0 Å². The predicted octanol–water partition coefficient (Wildman–Crippen LogP) is 5.53. The van der Waals surface area contributed by atoms with Gasteiger partial charge in [-0.15, -0.1) is 0 Å². The number of nitrogens with one attached hydrogen (secondary N) is 1. The molecule has 0 saturated heterocycles. The smallest absolute Gasteiger partial charge is 0.0737 e. The summed E-state index contributed by atoms with van der Waals surface area (Å²) in [7, 11) is 0. The van der Waals surface area contributed by atoms with Crippen LogP contribution in [0.2, 0.25) is 10.0 Å². The Kier molecular flexibility index (Phi) is 4.90. The van der Waals surface area contributed by atoms with Crippen molar-refractivity contribution in [2.24, 2.45) is 0 Å². The maximum atomic E-state index is 6.07. The molecule has 0 bridgehead atoms. The van der Waals surface area contributed by atoms with E-state index in [4.69, 9.17) is 23.2 Å². The largest absolute Gasteiger partial charge is 0.378 e. The van der Waals surface area contributed by atoms with Gasteiger partial charge >= 0.3 is 0 Å². The van der Waals surface area contributed by atoms with E-state index < -0.39 is 0 Å². The van der Waals surface area contributed by atoms with E-state index in [9.17, 15) is 0 Å². The lowest BCUT2D eigenvalue weighted by Gasteiger charge is -2.09. The van der Waals surface area contributed by atoms with Gasteiger partial charge in [0.15, 0.2) is 0 Å². The number of hydrogen-bond acceptors (Lipinski definition) is 2. The van der Waals surface area contributed by atoms with E-state index in [1.165, 1.54) is 0 Å². The van der Waals surface area contributed by atoms with Crippen LogP contribution in [-0.4, -0.2) is 4.98 Å². The molecule has 6 heteroatoms. The van der Waals surface area contributed by atoms with E-state index in [0.717, 1.165) is 20.3 Å². The van der Waals surface area contributed by atoms with Crippen molar-refractivity contribution in [2.45, 2.75) is 6.54 Å². The Morgan fingerprint density at radius 3 is 2.67 bits per heavy atom. The van der Waals surface area contributed by atoms with Crippen LogP contribution in [0.3, 0.4) is 0 Å². The second-order valence-corrected chi connectivity index (χ2v) is 6.17. The van der Waals surface area contributed by atoms with Gasteiger partial charge in [-0.1, -0.05) is 23.2 Å². The number of benzene rings is 1. The molecule has 0 spiro atoms. The molecule has 18 heavy (non-hydrogen) atoms. The maximum absolute atomic E-state index is 6.07. The number of nitrogens with zero attached hydrogens (tertiary/aromatic N) is 1. The van der Waals surface area contributed by atoms with E-state index in [1.807, 2.05) is 6.07 Å². The predicted molar refractivity (Wildman–Crippen MR) is 83.4 cm³/mol. The minimum Gasteiger partial charge on any atom is -0.378 e. The molecule has 2 nitrogen and oxygen atoms in total. The Labute approximate surface area is 132 Å². The number of hydrogen-bond donors (Lipinski definition) is 1. The van der Waals surface area contributed by atoms with E-state index in [2.05, 4.69) is 42.2 Å². The fraction of sp³-hybridized carbons (Fsp3) is 0.0833. The Morgan fingerprint density at radius 1 is 1.17 bits per heavy atom. The van der Waals surface area contributed by atoms with Crippen LogP contribution >= 0.6 is 55.1 Å². The summed E-state index contributed by atoms with van der Waals surface area (Å²) < 4.78 is 1.86. The summed E-state index contributed by atoms with van der Waals surface area (Å²) >= 11 is 18.8. The van der Waals surface area contributed by atoms with Crippen LogP contribution in [0.1, 0.15) is 5.69 Å². The summed E-state index contributed by atoms with van der Waals surface area (Å²) in [5, 5.41) is 4.48. The van der Waals surface area contributed by atoms with Crippen LogP contribution in [0, 0.1) is 0 Å². The molecule has 2 aromatic rings. The minimum atomic E-state index is 0.563. The van der Waals surface area contributed by atoms with Gasteiger partial charge < -0.3 is 5.32 Å². The molecule has 0 unspecified atom stereocenters. The summed E-state index contributed by atoms with van der Waals surface area (Å²) in [5.74, 6) is 0. The van der Waals surface area contributed by atoms with Crippen molar-refractivity contribution in [1.29, 1.82) is 0 Å². The van der Waals surface area contributed by atoms with Gasteiger partial charge in [0.2, 0.25) is 0 Å². The Balaban J connectivity index is 2.13. The molecule has 1 aromatic carbocycles. The van der Waals surface area contributed by atoms with Gasteiger partial charge in [-0.3, -0.25) is 4.98 Å². The molecule has 0 atom stereocenters. The molecule has 0 aliphatic carbocycles. The maximum Gasteiger partial charge on any atom is 0.0737 e. The van der Waals surface area contributed by atoms with Crippen molar-refractivity contribution < 1.29 is 0 Å². The number of pyridine rings is 1. The molecular weight excluding hydrogens is 403 g/mol. The summed E-state index contributed by atoms with van der Waals surface area (Å²) in [4.78, 5) is 4.31. The lowest BCUT2D eigenvalue weighted by atomic mass is 10.3. The van der Waals surface area contributed by atoms with Crippen molar-refractivity contribution >= 4 is 60.7 Å². The second kappa shape index (κ2) is 6.24. The molecule has 0 amide bonds. The fourth-order valence-electron chi connectivity index (χ4n) is 1.38. The summed E-state index contributed by atoms with van der Waals surface area (Å²) in [6.07, 6.45) is 1.75. The lowest BCUT2D eigenvalue weighted by Crippen LogP contribution is -2.03. The van der Waals surface area contributed by atoms with Crippen molar-refractivity contribution in [3.63, 3.8) is 0 Å². The Bertz CT molecular complexity index is 576. The first-order valence-electron chi connectivity index (χ1n) is 5.05. The first-order valence-corrected chi connectivity index (χ1v) is 7.39. The summed E-state index contributed by atoms with van der Waals surface area (Å²) in [5.41, 5.74) is 1.69. The third kappa shape index (κ3) is 3.60. The lowest BCUT2D eigenvalue weighted by molar-refractivity contribution is 1.03. The van der Waals surface area contributed by atoms with Crippen LogP contribution in [-0.2, 0) is 6.54 Å². The van der Waals surface area contributed by atoms with E-state index in [1.54, 1.807) is 24.4 Å². The van der Waals surface area contributed by atoms with Crippen molar-refractivity contribution in [3.8, 4) is 0 Å². The van der Waals surface area contributed by atoms with Crippen molar-refractivity contribution in [3.05, 3.63) is 55.1 Å². The second-order valence-electron chi connectivity index (χ2n) is 3.56. The molecule has 0 aliphatic heterocycles. The zero-order valence-electron chi connectivity index (χ0n) is 9.05. The average Bonchev–Trinajstić information content (AvgIpc) is 2.32. The number of aromatic nitrogens is 1. The van der Waals surface area contributed by atoms with Gasteiger partial charge in [0.25, 0.3) is 0 Å². The molecule has 1 heterocycles. The van der Waals surface area contributed by atoms with Crippen LogP contribution < -0.4 is 5.32 Å². The Hall–Kier alpha value is -0.290. The zero-order valence-corrected chi connectivity index (χ0v) is 13.7. The Morgan fingerprint density at radius 2 is 1.94 bits per heavy atom. The monoisotopic (exact) mass is 408 g/mol. The van der Waals surface area contributed by atoms with Crippen molar-refractivity contribution in [1.82, 2.24) is 4.98 Å². The standard InChI is InChI=1S/C12H8Br2Cl2N2/c13-7-3-9(14)12(17-5-7)6-18-11-4-8(15)1-2-10(11)16/h1-5,18H,6H2. The highest BCUT2D eigenvalue weighted by Crippen LogP contribution is 2.27. The van der Waals surface area contributed by atoms with Crippen LogP contribution in [0.5, 0.6) is 0 Å². The molecular formula is C12H8Br2Cl2N2. The molecule has 1 N–H and O–H groups in total. The fourth-order valence-corrected chi connectivity index (χ4v) is 2.87. The first-order chi connectivity index (χ1) is 8.56. The molecule has 0 fully saturated rings. The topological polar surface area (TPSA) is 24.9 Å². The van der Waals surface area contributed by atoms with Gasteiger partial charge in [-0.2, -0.15) is 0 Å². The quantitative estimate of drug-likeness (QED) is 0.720. The van der Waals surface area contributed by atoms with Gasteiger partial charge in [0.05, 0.1) is 22.9 Å². The van der Waals surface area contributed by atoms with Gasteiger partial charge in [0, 0.05) is 20.2 Å². The van der Waals surface area contributed by atoms with Crippen LogP contribution in [0.15, 0.2) is 39.4 Å². The average molecular weight is 411 g/mol. The molecule has 0 saturated carbocycles.